The molecule has 98 valence electrons. The molecule has 4 heteroatoms. The fourth-order valence-corrected chi connectivity index (χ4v) is 3.05. The molecule has 4 nitrogen and oxygen atoms in total. The summed E-state index contributed by atoms with van der Waals surface area (Å²) in [6, 6.07) is 0.598. The number of hydrogen-bond acceptors (Lipinski definition) is 4. The molecular weight excluding hydrogens is 216 g/mol. The van der Waals surface area contributed by atoms with E-state index in [9.17, 15) is 4.79 Å². The normalized spacial score (nSPS) is 29.0. The molecule has 2 fully saturated rings. The van der Waals surface area contributed by atoms with E-state index in [1.165, 1.54) is 20.0 Å². The molecule has 0 aromatic rings. The lowest BCUT2D eigenvalue weighted by Crippen LogP contribution is -2.59. The Hall–Kier alpha value is -0.610. The maximum atomic E-state index is 11.9. The van der Waals surface area contributed by atoms with E-state index in [4.69, 9.17) is 10.5 Å². The third-order valence-corrected chi connectivity index (χ3v) is 4.31. The molecule has 0 radical (unpaired) electrons. The van der Waals surface area contributed by atoms with Crippen molar-refractivity contribution in [2.75, 3.05) is 20.2 Å². The van der Waals surface area contributed by atoms with Crippen LogP contribution in [0.1, 0.15) is 39.0 Å². The van der Waals surface area contributed by atoms with Crippen LogP contribution in [0.2, 0.25) is 0 Å². The van der Waals surface area contributed by atoms with Crippen LogP contribution in [0.4, 0.5) is 0 Å². The number of likely N-dealkylation sites (tertiary alicyclic amines) is 1. The number of carbonyl (C=O) groups excluding carboxylic acids is 1. The van der Waals surface area contributed by atoms with Gasteiger partial charge in [0, 0.05) is 12.6 Å². The Morgan fingerprint density at radius 1 is 1.47 bits per heavy atom. The maximum absolute atomic E-state index is 11.9. The molecule has 1 heterocycles. The van der Waals surface area contributed by atoms with Crippen molar-refractivity contribution < 1.29 is 9.53 Å². The molecule has 1 saturated heterocycles. The number of ether oxygens (including phenoxy) is 1. The third kappa shape index (κ3) is 2.47. The van der Waals surface area contributed by atoms with E-state index in [-0.39, 0.29) is 5.97 Å². The molecule has 1 aliphatic heterocycles. The summed E-state index contributed by atoms with van der Waals surface area (Å²) in [6.07, 6.45) is 5.73. The maximum Gasteiger partial charge on any atom is 0.327 e. The van der Waals surface area contributed by atoms with Crippen LogP contribution in [0.15, 0.2) is 0 Å². The second kappa shape index (κ2) is 4.94. The molecular formula is C13H24N2O2. The average Bonchev–Trinajstić information content (AvgIpc) is 3.10. The molecule has 2 unspecified atom stereocenters. The summed E-state index contributed by atoms with van der Waals surface area (Å²) in [5, 5.41) is 0. The van der Waals surface area contributed by atoms with Crippen LogP contribution in [0.5, 0.6) is 0 Å². The molecule has 1 aliphatic carbocycles. The largest absolute Gasteiger partial charge is 0.468 e. The second-order valence-electron chi connectivity index (χ2n) is 5.48. The quantitative estimate of drug-likeness (QED) is 0.732. The molecule has 0 aromatic heterocycles. The van der Waals surface area contributed by atoms with Crippen molar-refractivity contribution >= 4 is 5.97 Å². The number of nitrogens with zero attached hydrogens (tertiary/aromatic N) is 1. The standard InChI is InChI=1S/C13H24N2O2/c1-3-11-5-4-8-15(11)9-13(14,10-6-7-10)12(16)17-2/h10-11H,3-9,14H2,1-2H3. The van der Waals surface area contributed by atoms with Gasteiger partial charge in [0.2, 0.25) is 0 Å². The van der Waals surface area contributed by atoms with E-state index >= 15 is 0 Å². The Balaban J connectivity index is 2.04. The third-order valence-electron chi connectivity index (χ3n) is 4.31. The van der Waals surface area contributed by atoms with Gasteiger partial charge in [-0.3, -0.25) is 9.69 Å². The van der Waals surface area contributed by atoms with Gasteiger partial charge in [0.05, 0.1) is 7.11 Å². The first kappa shape index (κ1) is 12.8. The van der Waals surface area contributed by atoms with E-state index in [1.54, 1.807) is 0 Å². The van der Waals surface area contributed by atoms with Crippen LogP contribution in [-0.4, -0.2) is 42.6 Å². The Morgan fingerprint density at radius 3 is 2.71 bits per heavy atom. The Morgan fingerprint density at radius 2 is 2.18 bits per heavy atom. The number of nitrogens with two attached hydrogens (primary N) is 1. The molecule has 0 amide bonds. The minimum Gasteiger partial charge on any atom is -0.468 e. The highest BCUT2D eigenvalue weighted by atomic mass is 16.5. The van der Waals surface area contributed by atoms with Gasteiger partial charge in [-0.1, -0.05) is 6.92 Å². The lowest BCUT2D eigenvalue weighted by atomic mass is 9.93. The van der Waals surface area contributed by atoms with Crippen molar-refractivity contribution in [1.29, 1.82) is 0 Å². The number of esters is 1. The molecule has 2 aliphatic rings. The number of rotatable bonds is 5. The second-order valence-corrected chi connectivity index (χ2v) is 5.48. The van der Waals surface area contributed by atoms with Gasteiger partial charge in [-0.05, 0) is 44.6 Å². The monoisotopic (exact) mass is 240 g/mol. The zero-order valence-corrected chi connectivity index (χ0v) is 10.9. The molecule has 0 spiro atoms. The SMILES string of the molecule is CCC1CCCN1CC(N)(C(=O)OC)C1CC1. The van der Waals surface area contributed by atoms with E-state index in [0.717, 1.165) is 25.8 Å². The van der Waals surface area contributed by atoms with E-state index in [1.807, 2.05) is 0 Å². The summed E-state index contributed by atoms with van der Waals surface area (Å²) < 4.78 is 4.91. The van der Waals surface area contributed by atoms with E-state index in [0.29, 0.717) is 18.5 Å². The van der Waals surface area contributed by atoms with Crippen molar-refractivity contribution in [3.8, 4) is 0 Å². The highest BCUT2D eigenvalue weighted by molar-refractivity contribution is 5.81. The van der Waals surface area contributed by atoms with Gasteiger partial charge < -0.3 is 10.5 Å². The van der Waals surface area contributed by atoms with Gasteiger partial charge in [0.15, 0.2) is 0 Å². The summed E-state index contributed by atoms with van der Waals surface area (Å²) in [5.41, 5.74) is 5.57. The highest BCUT2D eigenvalue weighted by Crippen LogP contribution is 2.40. The van der Waals surface area contributed by atoms with Gasteiger partial charge in [-0.25, -0.2) is 0 Å². The van der Waals surface area contributed by atoms with E-state index in [2.05, 4.69) is 11.8 Å². The number of carbonyl (C=O) groups is 1. The Bertz CT molecular complexity index is 291. The molecule has 2 atom stereocenters. The first-order valence-electron chi connectivity index (χ1n) is 6.73. The van der Waals surface area contributed by atoms with Gasteiger partial charge >= 0.3 is 5.97 Å². The molecule has 1 saturated carbocycles. The molecule has 0 bridgehead atoms. The van der Waals surface area contributed by atoms with Crippen molar-refractivity contribution in [1.82, 2.24) is 4.90 Å². The molecule has 17 heavy (non-hydrogen) atoms. The number of methoxy groups -OCH3 is 1. The van der Waals surface area contributed by atoms with Crippen LogP contribution in [0.3, 0.4) is 0 Å². The minimum atomic E-state index is -0.771. The zero-order valence-electron chi connectivity index (χ0n) is 10.9. The van der Waals surface area contributed by atoms with Crippen molar-refractivity contribution in [2.24, 2.45) is 11.7 Å². The van der Waals surface area contributed by atoms with Crippen LogP contribution >= 0.6 is 0 Å². The predicted molar refractivity (Wildman–Crippen MR) is 66.5 cm³/mol. The van der Waals surface area contributed by atoms with Gasteiger partial charge in [0.1, 0.15) is 5.54 Å². The Kier molecular flexibility index (Phi) is 3.73. The first-order chi connectivity index (χ1) is 8.11. The van der Waals surface area contributed by atoms with Gasteiger partial charge in [-0.2, -0.15) is 0 Å². The summed E-state index contributed by atoms with van der Waals surface area (Å²) >= 11 is 0. The smallest absolute Gasteiger partial charge is 0.327 e. The predicted octanol–water partition coefficient (Wildman–Crippen LogP) is 1.14. The van der Waals surface area contributed by atoms with Gasteiger partial charge in [-0.15, -0.1) is 0 Å². The zero-order chi connectivity index (χ0) is 12.5. The molecule has 0 aromatic carbocycles. The highest BCUT2D eigenvalue weighted by Gasteiger charge is 2.50. The van der Waals surface area contributed by atoms with Gasteiger partial charge in [0.25, 0.3) is 0 Å². The Labute approximate surface area is 103 Å². The van der Waals surface area contributed by atoms with E-state index < -0.39 is 5.54 Å². The van der Waals surface area contributed by atoms with Crippen LogP contribution < -0.4 is 5.73 Å². The van der Waals surface area contributed by atoms with Crippen LogP contribution in [0, 0.1) is 5.92 Å². The lowest BCUT2D eigenvalue weighted by molar-refractivity contribution is -0.149. The van der Waals surface area contributed by atoms with Crippen molar-refractivity contribution in [2.45, 2.75) is 50.6 Å². The average molecular weight is 240 g/mol. The molecule has 2 N–H and O–H groups in total. The van der Waals surface area contributed by atoms with Crippen molar-refractivity contribution in [3.63, 3.8) is 0 Å². The summed E-state index contributed by atoms with van der Waals surface area (Å²) in [7, 11) is 1.44. The fourth-order valence-electron chi connectivity index (χ4n) is 3.05. The summed E-state index contributed by atoms with van der Waals surface area (Å²) in [5.74, 6) is 0.0924. The fraction of sp³-hybridized carbons (Fsp3) is 0.923. The minimum absolute atomic E-state index is 0.234. The summed E-state index contributed by atoms with van der Waals surface area (Å²) in [6.45, 7) is 3.94. The molecule has 2 rings (SSSR count). The van der Waals surface area contributed by atoms with Crippen molar-refractivity contribution in [3.05, 3.63) is 0 Å². The van der Waals surface area contributed by atoms with Crippen LogP contribution in [-0.2, 0) is 9.53 Å². The topological polar surface area (TPSA) is 55.6 Å². The van der Waals surface area contributed by atoms with Crippen LogP contribution in [0.25, 0.3) is 0 Å². The lowest BCUT2D eigenvalue weighted by Gasteiger charge is -2.34. The summed E-state index contributed by atoms with van der Waals surface area (Å²) in [4.78, 5) is 14.3. The number of hydrogen-bond donors (Lipinski definition) is 1. The first-order valence-corrected chi connectivity index (χ1v) is 6.73.